The van der Waals surface area contributed by atoms with E-state index in [0.717, 1.165) is 36.2 Å². The maximum Gasteiger partial charge on any atom is 0.333 e. The SMILES string of the molecule is CCn1cnc2c1c(=O)n(CC(=O)N[C@H]1CCN(Cc3ccccc3)C1)c(=O)n2Cc1ccccc1. The van der Waals surface area contributed by atoms with Crippen LogP contribution in [0.4, 0.5) is 0 Å². The van der Waals surface area contributed by atoms with Crippen molar-refractivity contribution < 1.29 is 4.79 Å². The van der Waals surface area contributed by atoms with Gasteiger partial charge in [0.25, 0.3) is 5.56 Å². The van der Waals surface area contributed by atoms with Crippen LogP contribution in [0.15, 0.2) is 76.6 Å². The smallest absolute Gasteiger partial charge is 0.333 e. The van der Waals surface area contributed by atoms with Gasteiger partial charge in [0.15, 0.2) is 11.2 Å². The zero-order valence-corrected chi connectivity index (χ0v) is 20.3. The number of rotatable bonds is 8. The number of hydrogen-bond donors (Lipinski definition) is 1. The Bertz CT molecular complexity index is 1470. The summed E-state index contributed by atoms with van der Waals surface area (Å²) in [5, 5.41) is 3.03. The third kappa shape index (κ3) is 4.87. The fraction of sp³-hybridized carbons (Fsp3) is 0.333. The van der Waals surface area contributed by atoms with Crippen molar-refractivity contribution in [2.24, 2.45) is 0 Å². The molecule has 186 valence electrons. The Labute approximate surface area is 208 Å². The molecule has 0 unspecified atom stereocenters. The second kappa shape index (κ2) is 10.3. The number of aromatic nitrogens is 4. The Hall–Kier alpha value is -3.98. The average Bonchev–Trinajstić information content (AvgIpc) is 3.52. The van der Waals surface area contributed by atoms with Crippen LogP contribution in [0.25, 0.3) is 11.2 Å². The number of aryl methyl sites for hydroxylation is 1. The average molecular weight is 487 g/mol. The van der Waals surface area contributed by atoms with Gasteiger partial charge in [-0.3, -0.25) is 19.1 Å². The first-order chi connectivity index (χ1) is 17.5. The van der Waals surface area contributed by atoms with Gasteiger partial charge in [0.05, 0.1) is 12.9 Å². The third-order valence-electron chi connectivity index (χ3n) is 6.70. The largest absolute Gasteiger partial charge is 0.350 e. The minimum Gasteiger partial charge on any atom is -0.350 e. The molecule has 1 amide bonds. The first-order valence-corrected chi connectivity index (χ1v) is 12.3. The summed E-state index contributed by atoms with van der Waals surface area (Å²) in [6, 6.07) is 19.7. The Morgan fingerprint density at radius 1 is 0.972 bits per heavy atom. The predicted molar refractivity (Wildman–Crippen MR) is 138 cm³/mol. The molecule has 0 bridgehead atoms. The van der Waals surface area contributed by atoms with Gasteiger partial charge in [0.2, 0.25) is 5.91 Å². The van der Waals surface area contributed by atoms with Gasteiger partial charge in [0, 0.05) is 32.2 Å². The van der Waals surface area contributed by atoms with Crippen LogP contribution in [0.1, 0.15) is 24.5 Å². The molecular weight excluding hydrogens is 456 g/mol. The molecular formula is C27H30N6O3. The summed E-state index contributed by atoms with van der Waals surface area (Å²) in [6.07, 6.45) is 2.39. The highest BCUT2D eigenvalue weighted by molar-refractivity contribution is 5.77. The van der Waals surface area contributed by atoms with Gasteiger partial charge >= 0.3 is 5.69 Å². The summed E-state index contributed by atoms with van der Waals surface area (Å²) in [5.74, 6) is -0.339. The molecule has 1 fully saturated rings. The van der Waals surface area contributed by atoms with E-state index in [4.69, 9.17) is 0 Å². The molecule has 9 nitrogen and oxygen atoms in total. The number of hydrogen-bond acceptors (Lipinski definition) is 5. The summed E-state index contributed by atoms with van der Waals surface area (Å²) in [4.78, 5) is 46.4. The van der Waals surface area contributed by atoms with Gasteiger partial charge in [-0.1, -0.05) is 60.7 Å². The van der Waals surface area contributed by atoms with Gasteiger partial charge in [-0.25, -0.2) is 14.3 Å². The minimum absolute atomic E-state index is 0.0200. The van der Waals surface area contributed by atoms with Gasteiger partial charge < -0.3 is 9.88 Å². The number of imidazole rings is 1. The van der Waals surface area contributed by atoms with Crippen molar-refractivity contribution in [1.29, 1.82) is 0 Å². The quantitative estimate of drug-likeness (QED) is 0.410. The maximum absolute atomic E-state index is 13.4. The van der Waals surface area contributed by atoms with E-state index in [1.165, 1.54) is 10.1 Å². The fourth-order valence-corrected chi connectivity index (χ4v) is 4.88. The van der Waals surface area contributed by atoms with E-state index in [1.54, 1.807) is 10.9 Å². The molecule has 5 rings (SSSR count). The molecule has 1 saturated heterocycles. The van der Waals surface area contributed by atoms with E-state index in [-0.39, 0.29) is 25.0 Å². The van der Waals surface area contributed by atoms with Crippen LogP contribution in [0.2, 0.25) is 0 Å². The molecule has 1 aliphatic heterocycles. The van der Waals surface area contributed by atoms with Gasteiger partial charge in [-0.2, -0.15) is 0 Å². The lowest BCUT2D eigenvalue weighted by atomic mass is 10.2. The molecule has 4 aromatic rings. The first kappa shape index (κ1) is 23.7. The molecule has 0 radical (unpaired) electrons. The normalized spacial score (nSPS) is 16.0. The van der Waals surface area contributed by atoms with Crippen molar-refractivity contribution in [3.8, 4) is 0 Å². The topological polar surface area (TPSA) is 94.2 Å². The second-order valence-corrected chi connectivity index (χ2v) is 9.22. The van der Waals surface area contributed by atoms with E-state index in [0.29, 0.717) is 17.7 Å². The molecule has 36 heavy (non-hydrogen) atoms. The predicted octanol–water partition coefficient (Wildman–Crippen LogP) is 1.82. The van der Waals surface area contributed by atoms with Crippen molar-refractivity contribution in [2.45, 2.75) is 45.6 Å². The van der Waals surface area contributed by atoms with E-state index in [9.17, 15) is 14.4 Å². The number of nitrogens with zero attached hydrogens (tertiary/aromatic N) is 5. The van der Waals surface area contributed by atoms with E-state index < -0.39 is 11.2 Å². The highest BCUT2D eigenvalue weighted by Crippen LogP contribution is 2.14. The van der Waals surface area contributed by atoms with Gasteiger partial charge in [0.1, 0.15) is 6.54 Å². The highest BCUT2D eigenvalue weighted by atomic mass is 16.2. The number of likely N-dealkylation sites (tertiary alicyclic amines) is 1. The number of fused-ring (bicyclic) bond motifs is 1. The van der Waals surface area contributed by atoms with Crippen LogP contribution < -0.4 is 16.6 Å². The molecule has 9 heteroatoms. The summed E-state index contributed by atoms with van der Waals surface area (Å²) >= 11 is 0. The molecule has 1 N–H and O–H groups in total. The lowest BCUT2D eigenvalue weighted by Gasteiger charge is -2.17. The molecule has 2 aromatic heterocycles. The van der Waals surface area contributed by atoms with Crippen molar-refractivity contribution in [3.05, 3.63) is 99.0 Å². The van der Waals surface area contributed by atoms with Gasteiger partial charge in [-0.15, -0.1) is 0 Å². The fourth-order valence-electron chi connectivity index (χ4n) is 4.88. The lowest BCUT2D eigenvalue weighted by Crippen LogP contribution is -2.46. The molecule has 3 heterocycles. The molecule has 1 aliphatic rings. The number of amides is 1. The van der Waals surface area contributed by atoms with Crippen LogP contribution in [0, 0.1) is 0 Å². The monoisotopic (exact) mass is 486 g/mol. The van der Waals surface area contributed by atoms with E-state index >= 15 is 0 Å². The van der Waals surface area contributed by atoms with Crippen LogP contribution in [-0.4, -0.2) is 48.6 Å². The first-order valence-electron chi connectivity index (χ1n) is 12.3. The van der Waals surface area contributed by atoms with Gasteiger partial charge in [-0.05, 0) is 24.5 Å². The molecule has 0 saturated carbocycles. The maximum atomic E-state index is 13.4. The molecule has 0 aliphatic carbocycles. The summed E-state index contributed by atoms with van der Waals surface area (Å²) in [6.45, 7) is 4.81. The summed E-state index contributed by atoms with van der Waals surface area (Å²) in [7, 11) is 0. The van der Waals surface area contributed by atoms with Crippen LogP contribution >= 0.6 is 0 Å². The molecule has 1 atom stereocenters. The Morgan fingerprint density at radius 2 is 1.64 bits per heavy atom. The number of benzene rings is 2. The zero-order chi connectivity index (χ0) is 25.1. The Balaban J connectivity index is 1.36. The van der Waals surface area contributed by atoms with E-state index in [1.807, 2.05) is 55.5 Å². The Kier molecular flexibility index (Phi) is 6.81. The number of carbonyl (C=O) groups excluding carboxylic acids is 1. The van der Waals surface area contributed by atoms with Crippen LogP contribution in [0.5, 0.6) is 0 Å². The standard InChI is InChI=1S/C27H30N6O3/c1-2-31-19-28-25-24(31)26(35)33(27(36)32(25)16-21-11-7-4-8-12-21)18-23(34)29-22-13-14-30(17-22)15-20-9-5-3-6-10-20/h3-12,19,22H,2,13-18H2,1H3,(H,29,34)/t22-/m0/s1. The van der Waals surface area contributed by atoms with E-state index in [2.05, 4.69) is 27.3 Å². The summed E-state index contributed by atoms with van der Waals surface area (Å²) < 4.78 is 4.22. The Morgan fingerprint density at radius 3 is 2.31 bits per heavy atom. The lowest BCUT2D eigenvalue weighted by molar-refractivity contribution is -0.122. The zero-order valence-electron chi connectivity index (χ0n) is 20.3. The van der Waals surface area contributed by atoms with Crippen molar-refractivity contribution >= 4 is 17.1 Å². The second-order valence-electron chi connectivity index (χ2n) is 9.22. The molecule has 0 spiro atoms. The van der Waals surface area contributed by atoms with Crippen molar-refractivity contribution in [1.82, 2.24) is 28.9 Å². The van der Waals surface area contributed by atoms with Crippen molar-refractivity contribution in [3.63, 3.8) is 0 Å². The number of nitrogens with one attached hydrogen (secondary N) is 1. The van der Waals surface area contributed by atoms with Crippen LogP contribution in [-0.2, 0) is 31.0 Å². The summed E-state index contributed by atoms with van der Waals surface area (Å²) in [5.41, 5.74) is 1.77. The number of carbonyl (C=O) groups is 1. The van der Waals surface area contributed by atoms with Crippen LogP contribution in [0.3, 0.4) is 0 Å². The molecule has 2 aromatic carbocycles. The minimum atomic E-state index is -0.537. The highest BCUT2D eigenvalue weighted by Gasteiger charge is 2.25. The third-order valence-corrected chi connectivity index (χ3v) is 6.70. The van der Waals surface area contributed by atoms with Crippen molar-refractivity contribution in [2.75, 3.05) is 13.1 Å².